The molecule has 2 aromatic carbocycles. The number of nitrogens with one attached hydrogen (secondary N) is 1. The monoisotopic (exact) mass is 357 g/mol. The normalized spacial score (nSPS) is 10.4. The third-order valence-electron chi connectivity index (χ3n) is 3.30. The van der Waals surface area contributed by atoms with Crippen molar-refractivity contribution < 1.29 is 19.1 Å². The number of carbonyl (C=O) groups excluding carboxylic acids is 2. The smallest absolute Gasteiger partial charge is 0.338 e. The first-order valence-corrected chi connectivity index (χ1v) is 8.31. The van der Waals surface area contributed by atoms with Gasteiger partial charge in [0.05, 0.1) is 29.6 Å². The van der Waals surface area contributed by atoms with Crippen LogP contribution in [0, 0.1) is 0 Å². The van der Waals surface area contributed by atoms with Crippen LogP contribution in [0.15, 0.2) is 42.5 Å². The summed E-state index contributed by atoms with van der Waals surface area (Å²) in [6.45, 7) is 2.04. The van der Waals surface area contributed by atoms with Gasteiger partial charge in [0.15, 0.2) is 6.61 Å². The zero-order valence-electron chi connectivity index (χ0n) is 13.4. The van der Waals surface area contributed by atoms with Gasteiger partial charge in [-0.3, -0.25) is 4.79 Å². The maximum absolute atomic E-state index is 12.0. The first kappa shape index (κ1) is 16.8. The topological polar surface area (TPSA) is 90.4 Å². The van der Waals surface area contributed by atoms with E-state index in [1.54, 1.807) is 42.5 Å². The van der Waals surface area contributed by atoms with Crippen LogP contribution in [0.3, 0.4) is 0 Å². The van der Waals surface area contributed by atoms with E-state index in [1.807, 2.05) is 6.92 Å². The first-order chi connectivity index (χ1) is 12.2. The number of rotatable bonds is 6. The molecule has 0 unspecified atom stereocenters. The van der Waals surface area contributed by atoms with E-state index < -0.39 is 11.9 Å². The Morgan fingerprint density at radius 2 is 1.92 bits per heavy atom. The molecule has 0 aliphatic heterocycles. The van der Waals surface area contributed by atoms with Crippen LogP contribution >= 0.6 is 11.7 Å². The molecule has 8 heteroatoms. The molecule has 0 saturated heterocycles. The van der Waals surface area contributed by atoms with E-state index in [1.165, 1.54) is 0 Å². The molecule has 0 fully saturated rings. The number of hydrogen-bond acceptors (Lipinski definition) is 7. The highest BCUT2D eigenvalue weighted by atomic mass is 32.1. The van der Waals surface area contributed by atoms with Gasteiger partial charge in [-0.1, -0.05) is 6.07 Å². The highest BCUT2D eigenvalue weighted by Crippen LogP contribution is 2.21. The van der Waals surface area contributed by atoms with E-state index >= 15 is 0 Å². The van der Waals surface area contributed by atoms with Gasteiger partial charge in [-0.15, -0.1) is 0 Å². The Kier molecular flexibility index (Phi) is 5.20. The van der Waals surface area contributed by atoms with Crippen LogP contribution in [-0.2, 0) is 9.53 Å². The number of anilines is 1. The van der Waals surface area contributed by atoms with E-state index in [-0.39, 0.29) is 6.61 Å². The second kappa shape index (κ2) is 7.71. The van der Waals surface area contributed by atoms with E-state index in [9.17, 15) is 9.59 Å². The number of hydrogen-bond donors (Lipinski definition) is 1. The van der Waals surface area contributed by atoms with Crippen molar-refractivity contribution in [1.82, 2.24) is 8.75 Å². The first-order valence-electron chi connectivity index (χ1n) is 7.58. The van der Waals surface area contributed by atoms with Crippen molar-refractivity contribution in [1.29, 1.82) is 0 Å². The highest BCUT2D eigenvalue weighted by molar-refractivity contribution is 7.00. The third-order valence-corrected chi connectivity index (χ3v) is 3.84. The predicted octanol–water partition coefficient (Wildman–Crippen LogP) is 2.89. The fourth-order valence-electron chi connectivity index (χ4n) is 2.16. The fourth-order valence-corrected chi connectivity index (χ4v) is 2.71. The molecule has 1 heterocycles. The molecule has 0 spiro atoms. The highest BCUT2D eigenvalue weighted by Gasteiger charge is 2.12. The molecule has 0 bridgehead atoms. The van der Waals surface area contributed by atoms with Crippen LogP contribution in [0.5, 0.6) is 5.75 Å². The molecule has 7 nitrogen and oxygen atoms in total. The lowest BCUT2D eigenvalue weighted by Gasteiger charge is -2.07. The van der Waals surface area contributed by atoms with Gasteiger partial charge in [0.25, 0.3) is 5.91 Å². The predicted molar refractivity (Wildman–Crippen MR) is 93.9 cm³/mol. The van der Waals surface area contributed by atoms with Crippen molar-refractivity contribution in [2.45, 2.75) is 6.92 Å². The van der Waals surface area contributed by atoms with Crippen LogP contribution in [-0.4, -0.2) is 33.8 Å². The Bertz CT molecular complexity index is 892. The van der Waals surface area contributed by atoms with Crippen molar-refractivity contribution in [3.8, 4) is 5.75 Å². The number of amides is 1. The minimum Gasteiger partial charge on any atom is -0.494 e. The molecule has 3 aromatic rings. The maximum Gasteiger partial charge on any atom is 0.338 e. The lowest BCUT2D eigenvalue weighted by molar-refractivity contribution is -0.119. The Morgan fingerprint density at radius 1 is 1.12 bits per heavy atom. The van der Waals surface area contributed by atoms with Crippen LogP contribution in [0.4, 0.5) is 5.69 Å². The summed E-state index contributed by atoms with van der Waals surface area (Å²) in [5, 5.41) is 2.67. The summed E-state index contributed by atoms with van der Waals surface area (Å²) in [7, 11) is 0. The van der Waals surface area contributed by atoms with E-state index in [2.05, 4.69) is 14.1 Å². The molecule has 1 aromatic heterocycles. The second-order valence-corrected chi connectivity index (χ2v) is 5.55. The van der Waals surface area contributed by atoms with Crippen molar-refractivity contribution in [2.24, 2.45) is 0 Å². The standard InChI is InChI=1S/C17H15N3O4S/c1-2-23-12-8-6-11(7-9-12)17(22)24-10-15(21)18-13-4-3-5-14-16(13)20-25-19-14/h3-9H,2,10H2,1H3,(H,18,21). The van der Waals surface area contributed by atoms with Gasteiger partial charge in [0.1, 0.15) is 16.8 Å². The van der Waals surface area contributed by atoms with Gasteiger partial charge in [0, 0.05) is 0 Å². The number of aromatic nitrogens is 2. The van der Waals surface area contributed by atoms with E-state index in [0.717, 1.165) is 11.7 Å². The van der Waals surface area contributed by atoms with Gasteiger partial charge in [-0.05, 0) is 43.3 Å². The molecule has 128 valence electrons. The average molecular weight is 357 g/mol. The number of nitrogens with zero attached hydrogens (tertiary/aromatic N) is 2. The largest absolute Gasteiger partial charge is 0.494 e. The number of fused-ring (bicyclic) bond motifs is 1. The van der Waals surface area contributed by atoms with Crippen molar-refractivity contribution in [3.63, 3.8) is 0 Å². The number of carbonyl (C=O) groups is 2. The summed E-state index contributed by atoms with van der Waals surface area (Å²) in [4.78, 5) is 24.0. The Balaban J connectivity index is 1.56. The van der Waals surface area contributed by atoms with Gasteiger partial charge in [0.2, 0.25) is 0 Å². The molecule has 0 atom stereocenters. The third kappa shape index (κ3) is 4.10. The Hall–Kier alpha value is -3.00. The quantitative estimate of drug-likeness (QED) is 0.682. The molecule has 0 aliphatic rings. The fraction of sp³-hybridized carbons (Fsp3) is 0.176. The lowest BCUT2D eigenvalue weighted by atomic mass is 10.2. The van der Waals surface area contributed by atoms with E-state index in [0.29, 0.717) is 34.6 Å². The number of ether oxygens (including phenoxy) is 2. The summed E-state index contributed by atoms with van der Waals surface area (Å²) in [5.74, 6) is -0.353. The van der Waals surface area contributed by atoms with Gasteiger partial charge in [-0.25, -0.2) is 4.79 Å². The molecule has 1 amide bonds. The summed E-state index contributed by atoms with van der Waals surface area (Å²) < 4.78 is 18.6. The Labute approximate surface area is 147 Å². The van der Waals surface area contributed by atoms with E-state index in [4.69, 9.17) is 9.47 Å². The maximum atomic E-state index is 12.0. The number of esters is 1. The summed E-state index contributed by atoms with van der Waals surface area (Å²) >= 11 is 1.07. The average Bonchev–Trinajstić information content (AvgIpc) is 3.10. The minimum absolute atomic E-state index is 0.349. The summed E-state index contributed by atoms with van der Waals surface area (Å²) in [6.07, 6.45) is 0. The molecule has 1 N–H and O–H groups in total. The molecular weight excluding hydrogens is 342 g/mol. The van der Waals surface area contributed by atoms with Crippen LogP contribution in [0.25, 0.3) is 11.0 Å². The SMILES string of the molecule is CCOc1ccc(C(=O)OCC(=O)Nc2cccc3nsnc23)cc1. The van der Waals surface area contributed by atoms with Crippen molar-refractivity contribution in [2.75, 3.05) is 18.5 Å². The summed E-state index contributed by atoms with van der Waals surface area (Å²) in [6, 6.07) is 11.8. The molecular formula is C17H15N3O4S. The van der Waals surface area contributed by atoms with Crippen molar-refractivity contribution in [3.05, 3.63) is 48.0 Å². The van der Waals surface area contributed by atoms with Crippen LogP contribution < -0.4 is 10.1 Å². The molecule has 0 saturated carbocycles. The van der Waals surface area contributed by atoms with Crippen LogP contribution in [0.2, 0.25) is 0 Å². The molecule has 25 heavy (non-hydrogen) atoms. The van der Waals surface area contributed by atoms with Gasteiger partial charge >= 0.3 is 5.97 Å². The molecule has 3 rings (SSSR count). The second-order valence-electron chi connectivity index (χ2n) is 5.02. The van der Waals surface area contributed by atoms with Gasteiger partial charge in [-0.2, -0.15) is 8.75 Å². The zero-order chi connectivity index (χ0) is 17.6. The molecule has 0 aliphatic carbocycles. The lowest BCUT2D eigenvalue weighted by Crippen LogP contribution is -2.21. The van der Waals surface area contributed by atoms with Crippen LogP contribution in [0.1, 0.15) is 17.3 Å². The van der Waals surface area contributed by atoms with Crippen molar-refractivity contribution >= 4 is 40.3 Å². The molecule has 0 radical (unpaired) electrons. The van der Waals surface area contributed by atoms with Gasteiger partial charge < -0.3 is 14.8 Å². The Morgan fingerprint density at radius 3 is 2.68 bits per heavy atom. The summed E-state index contributed by atoms with van der Waals surface area (Å²) in [5.41, 5.74) is 2.20. The number of benzene rings is 2. The minimum atomic E-state index is -0.577. The zero-order valence-corrected chi connectivity index (χ0v) is 14.2.